The van der Waals surface area contributed by atoms with Gasteiger partial charge in [0.1, 0.15) is 6.61 Å². The molecule has 0 aliphatic rings. The van der Waals surface area contributed by atoms with Gasteiger partial charge in [-0.1, -0.05) is 65.9 Å². The van der Waals surface area contributed by atoms with Crippen molar-refractivity contribution in [2.75, 3.05) is 11.1 Å². The molecule has 2 aromatic carbocycles. The van der Waals surface area contributed by atoms with Gasteiger partial charge in [-0.15, -0.1) is 10.2 Å². The standard InChI is InChI=1S/C25H25N5O2S/c1-3-30-24(20-11-7-8-18(2)14-20)28-29-25(30)33-17-22(31)27-21-12-13-23(26-15-21)32-16-19-9-5-4-6-10-19/h4-15H,3,16-17H2,1-2H3,(H,27,31). The van der Waals surface area contributed by atoms with Gasteiger partial charge in [-0.05, 0) is 31.5 Å². The van der Waals surface area contributed by atoms with E-state index in [1.807, 2.05) is 66.9 Å². The van der Waals surface area contributed by atoms with Crippen LogP contribution >= 0.6 is 11.8 Å². The van der Waals surface area contributed by atoms with Gasteiger partial charge < -0.3 is 14.6 Å². The number of carbonyl (C=O) groups is 1. The van der Waals surface area contributed by atoms with Crippen molar-refractivity contribution in [1.82, 2.24) is 19.7 Å². The van der Waals surface area contributed by atoms with Gasteiger partial charge in [0.05, 0.1) is 17.6 Å². The third kappa shape index (κ3) is 5.98. The summed E-state index contributed by atoms with van der Waals surface area (Å²) in [5.41, 5.74) is 3.86. The van der Waals surface area contributed by atoms with E-state index >= 15 is 0 Å². The van der Waals surface area contributed by atoms with Gasteiger partial charge in [-0.2, -0.15) is 0 Å². The molecule has 0 aliphatic carbocycles. The van der Waals surface area contributed by atoms with Crippen LogP contribution in [0.3, 0.4) is 0 Å². The van der Waals surface area contributed by atoms with Crippen LogP contribution in [0.1, 0.15) is 18.1 Å². The zero-order valence-electron chi connectivity index (χ0n) is 18.6. The number of nitrogens with one attached hydrogen (secondary N) is 1. The second kappa shape index (κ2) is 10.8. The van der Waals surface area contributed by atoms with Gasteiger partial charge in [0.25, 0.3) is 0 Å². The van der Waals surface area contributed by atoms with Gasteiger partial charge in [-0.25, -0.2) is 4.98 Å². The summed E-state index contributed by atoms with van der Waals surface area (Å²) in [6.07, 6.45) is 1.59. The lowest BCUT2D eigenvalue weighted by Crippen LogP contribution is -2.15. The molecule has 0 saturated heterocycles. The third-order valence-electron chi connectivity index (χ3n) is 4.89. The number of benzene rings is 2. The van der Waals surface area contributed by atoms with E-state index in [1.165, 1.54) is 11.8 Å². The molecule has 2 heterocycles. The van der Waals surface area contributed by atoms with Crippen LogP contribution in [0.25, 0.3) is 11.4 Å². The number of pyridine rings is 1. The quantitative estimate of drug-likeness (QED) is 0.356. The second-order valence-electron chi connectivity index (χ2n) is 7.42. The Morgan fingerprint density at radius 2 is 1.91 bits per heavy atom. The van der Waals surface area contributed by atoms with Gasteiger partial charge in [-0.3, -0.25) is 4.79 Å². The normalized spacial score (nSPS) is 10.7. The van der Waals surface area contributed by atoms with Crippen LogP contribution in [0.4, 0.5) is 5.69 Å². The third-order valence-corrected chi connectivity index (χ3v) is 5.86. The van der Waals surface area contributed by atoms with E-state index in [0.29, 0.717) is 29.9 Å². The summed E-state index contributed by atoms with van der Waals surface area (Å²) in [6.45, 7) is 5.25. The van der Waals surface area contributed by atoms with E-state index < -0.39 is 0 Å². The molecule has 1 N–H and O–H groups in total. The zero-order chi connectivity index (χ0) is 23.0. The van der Waals surface area contributed by atoms with Crippen molar-refractivity contribution < 1.29 is 9.53 Å². The molecule has 0 radical (unpaired) electrons. The number of aromatic nitrogens is 4. The Hall–Kier alpha value is -3.65. The molecule has 7 nitrogen and oxygen atoms in total. The predicted octanol–water partition coefficient (Wildman–Crippen LogP) is 4.98. The van der Waals surface area contributed by atoms with E-state index in [-0.39, 0.29) is 11.7 Å². The van der Waals surface area contributed by atoms with Crippen LogP contribution in [-0.4, -0.2) is 31.4 Å². The molecule has 0 atom stereocenters. The number of carbonyl (C=O) groups excluding carboxylic acids is 1. The number of amides is 1. The maximum atomic E-state index is 12.5. The SMILES string of the molecule is CCn1c(SCC(=O)Nc2ccc(OCc3ccccc3)nc2)nnc1-c1cccc(C)c1. The number of rotatable bonds is 9. The summed E-state index contributed by atoms with van der Waals surface area (Å²) in [5, 5.41) is 12.2. The van der Waals surface area contributed by atoms with E-state index in [0.717, 1.165) is 22.5 Å². The largest absolute Gasteiger partial charge is 0.473 e. The van der Waals surface area contributed by atoms with Crippen molar-refractivity contribution in [3.8, 4) is 17.3 Å². The van der Waals surface area contributed by atoms with Crippen molar-refractivity contribution in [2.45, 2.75) is 32.2 Å². The minimum atomic E-state index is -0.137. The van der Waals surface area contributed by atoms with Crippen LogP contribution in [0, 0.1) is 6.92 Å². The van der Waals surface area contributed by atoms with E-state index in [2.05, 4.69) is 26.6 Å². The Balaban J connectivity index is 1.31. The van der Waals surface area contributed by atoms with Crippen molar-refractivity contribution in [3.63, 3.8) is 0 Å². The number of hydrogen-bond donors (Lipinski definition) is 1. The van der Waals surface area contributed by atoms with Crippen LogP contribution in [0.15, 0.2) is 78.1 Å². The predicted molar refractivity (Wildman–Crippen MR) is 130 cm³/mol. The molecule has 33 heavy (non-hydrogen) atoms. The first-order valence-electron chi connectivity index (χ1n) is 10.7. The monoisotopic (exact) mass is 459 g/mol. The first kappa shape index (κ1) is 22.5. The molecule has 1 amide bonds. The second-order valence-corrected chi connectivity index (χ2v) is 8.36. The van der Waals surface area contributed by atoms with Crippen LogP contribution < -0.4 is 10.1 Å². The topological polar surface area (TPSA) is 81.9 Å². The van der Waals surface area contributed by atoms with E-state index in [1.54, 1.807) is 18.3 Å². The van der Waals surface area contributed by atoms with Crippen LogP contribution in [-0.2, 0) is 17.9 Å². The Morgan fingerprint density at radius 1 is 1.06 bits per heavy atom. The molecule has 4 rings (SSSR count). The molecule has 4 aromatic rings. The molecule has 0 saturated carbocycles. The van der Waals surface area contributed by atoms with E-state index in [9.17, 15) is 4.79 Å². The highest BCUT2D eigenvalue weighted by atomic mass is 32.2. The summed E-state index contributed by atoms with van der Waals surface area (Å²) < 4.78 is 7.70. The lowest BCUT2D eigenvalue weighted by atomic mass is 10.1. The first-order valence-corrected chi connectivity index (χ1v) is 11.7. The molecule has 0 spiro atoms. The number of thioether (sulfide) groups is 1. The van der Waals surface area contributed by atoms with Gasteiger partial charge in [0.15, 0.2) is 11.0 Å². The Bertz CT molecular complexity index is 1210. The number of ether oxygens (including phenoxy) is 1. The molecule has 168 valence electrons. The number of nitrogens with zero attached hydrogens (tertiary/aromatic N) is 4. The van der Waals surface area contributed by atoms with Crippen LogP contribution in [0.2, 0.25) is 0 Å². The average molecular weight is 460 g/mol. The Kier molecular flexibility index (Phi) is 7.36. The fourth-order valence-corrected chi connectivity index (χ4v) is 4.08. The summed E-state index contributed by atoms with van der Waals surface area (Å²) in [4.78, 5) is 16.7. The van der Waals surface area contributed by atoms with Gasteiger partial charge >= 0.3 is 0 Å². The van der Waals surface area contributed by atoms with Crippen molar-refractivity contribution >= 4 is 23.4 Å². The highest BCUT2D eigenvalue weighted by Gasteiger charge is 2.15. The summed E-state index contributed by atoms with van der Waals surface area (Å²) >= 11 is 1.36. The Morgan fingerprint density at radius 3 is 2.64 bits per heavy atom. The number of anilines is 1. The highest BCUT2D eigenvalue weighted by Crippen LogP contribution is 2.25. The zero-order valence-corrected chi connectivity index (χ0v) is 19.4. The summed E-state index contributed by atoms with van der Waals surface area (Å²) in [5.74, 6) is 1.39. The number of aryl methyl sites for hydroxylation is 1. The van der Waals surface area contributed by atoms with Gasteiger partial charge in [0.2, 0.25) is 11.8 Å². The molecule has 0 unspecified atom stereocenters. The fraction of sp³-hybridized carbons (Fsp3) is 0.200. The minimum Gasteiger partial charge on any atom is -0.473 e. The molecule has 8 heteroatoms. The van der Waals surface area contributed by atoms with Gasteiger partial charge in [0, 0.05) is 18.2 Å². The molecule has 0 bridgehead atoms. The molecule has 0 fully saturated rings. The lowest BCUT2D eigenvalue weighted by Gasteiger charge is -2.09. The molecular formula is C25H25N5O2S. The average Bonchev–Trinajstić information content (AvgIpc) is 3.26. The maximum Gasteiger partial charge on any atom is 0.234 e. The number of hydrogen-bond acceptors (Lipinski definition) is 6. The molecule has 2 aromatic heterocycles. The molecule has 0 aliphatic heterocycles. The fourth-order valence-electron chi connectivity index (χ4n) is 3.28. The summed E-state index contributed by atoms with van der Waals surface area (Å²) in [6, 6.07) is 21.6. The maximum absolute atomic E-state index is 12.5. The molecular weight excluding hydrogens is 434 g/mol. The first-order chi connectivity index (χ1) is 16.1. The van der Waals surface area contributed by atoms with Crippen molar-refractivity contribution in [3.05, 3.63) is 84.1 Å². The summed E-state index contributed by atoms with van der Waals surface area (Å²) in [7, 11) is 0. The van der Waals surface area contributed by atoms with Crippen molar-refractivity contribution in [2.24, 2.45) is 0 Å². The highest BCUT2D eigenvalue weighted by molar-refractivity contribution is 7.99. The van der Waals surface area contributed by atoms with E-state index in [4.69, 9.17) is 4.74 Å². The van der Waals surface area contributed by atoms with Crippen molar-refractivity contribution in [1.29, 1.82) is 0 Å². The minimum absolute atomic E-state index is 0.137. The lowest BCUT2D eigenvalue weighted by molar-refractivity contribution is -0.113. The smallest absolute Gasteiger partial charge is 0.234 e. The Labute approximate surface area is 197 Å². The van der Waals surface area contributed by atoms with Crippen LogP contribution in [0.5, 0.6) is 5.88 Å².